The average Bonchev–Trinajstić information content (AvgIpc) is 3.78. The first-order valence-corrected chi connectivity index (χ1v) is 21.0. The molecule has 5 aromatic rings. The monoisotopic (exact) mass is 753 g/mol. The smallest absolute Gasteiger partial charge is 0.289 e. The maximum atomic E-state index is 13.7. The van der Waals surface area contributed by atoms with Crippen molar-refractivity contribution in [3.8, 4) is 23.0 Å². The van der Waals surface area contributed by atoms with Gasteiger partial charge in [0.05, 0.1) is 18.0 Å². The molecule has 1 atom stereocenters. The zero-order valence-corrected chi connectivity index (χ0v) is 33.3. The third-order valence-corrected chi connectivity index (χ3v) is 10.5. The first-order valence-electron chi connectivity index (χ1n) is 20.2. The molecule has 0 bridgehead atoms. The molecular formula is C43H59N7O3S. The summed E-state index contributed by atoms with van der Waals surface area (Å²) in [6.07, 6.45) is 20.5. The molecule has 3 aromatic carbocycles. The van der Waals surface area contributed by atoms with Gasteiger partial charge in [0.25, 0.3) is 5.56 Å². The summed E-state index contributed by atoms with van der Waals surface area (Å²) in [6.45, 7) is 6.71. The molecule has 54 heavy (non-hydrogen) atoms. The molecule has 0 aliphatic rings. The standard InChI is InChI=1S/C43H59N7O3S/c1-4-7-8-9-10-11-12-13-14-15-16-17-19-24-34-25-22-28-38(33-34)53-39(23-5-2)44-35-29-31-37(32-30-35)49-42(51)40(41(46-49)52-6-3)54-43-45-47-48-50(43)36-26-20-18-21-27-36/h18,20-22,25-33,39,44,46H,4-17,19,23-24H2,1-3H3. The molecule has 2 heterocycles. The summed E-state index contributed by atoms with van der Waals surface area (Å²) in [7, 11) is 0. The number of rotatable bonds is 26. The van der Waals surface area contributed by atoms with Gasteiger partial charge in [-0.05, 0) is 96.0 Å². The predicted octanol–water partition coefficient (Wildman–Crippen LogP) is 10.9. The highest BCUT2D eigenvalue weighted by Gasteiger charge is 2.22. The molecule has 5 rings (SSSR count). The highest BCUT2D eigenvalue weighted by atomic mass is 32.2. The fourth-order valence-electron chi connectivity index (χ4n) is 6.58. The number of aryl methyl sites for hydroxylation is 1. The Labute approximate surface area is 325 Å². The van der Waals surface area contributed by atoms with Crippen molar-refractivity contribution < 1.29 is 9.47 Å². The summed E-state index contributed by atoms with van der Waals surface area (Å²) in [4.78, 5) is 14.1. The number of benzene rings is 3. The van der Waals surface area contributed by atoms with Crippen LogP contribution in [0.1, 0.15) is 123 Å². The van der Waals surface area contributed by atoms with Crippen LogP contribution in [-0.4, -0.2) is 42.8 Å². The summed E-state index contributed by atoms with van der Waals surface area (Å²) >= 11 is 1.16. The molecule has 0 aliphatic carbocycles. The summed E-state index contributed by atoms with van der Waals surface area (Å²) in [5, 5.41) is 19.3. The lowest BCUT2D eigenvalue weighted by Gasteiger charge is -2.21. The fourth-order valence-corrected chi connectivity index (χ4v) is 7.45. The van der Waals surface area contributed by atoms with Crippen LogP contribution in [0.5, 0.6) is 11.6 Å². The number of para-hydroxylation sites is 1. The van der Waals surface area contributed by atoms with E-state index in [1.807, 2.05) is 67.6 Å². The topological polar surface area (TPSA) is 112 Å². The normalized spacial score (nSPS) is 11.8. The van der Waals surface area contributed by atoms with Gasteiger partial charge in [-0.2, -0.15) is 4.68 Å². The van der Waals surface area contributed by atoms with Crippen LogP contribution < -0.4 is 20.3 Å². The quantitative estimate of drug-likeness (QED) is 0.0424. The van der Waals surface area contributed by atoms with Gasteiger partial charge in [-0.1, -0.05) is 128 Å². The summed E-state index contributed by atoms with van der Waals surface area (Å²) in [5.41, 5.74) is 3.45. The number of nitrogens with zero attached hydrogens (tertiary/aromatic N) is 5. The van der Waals surface area contributed by atoms with Crippen molar-refractivity contribution >= 4 is 17.4 Å². The first kappa shape index (κ1) is 40.7. The number of tetrazole rings is 1. The average molecular weight is 754 g/mol. The maximum absolute atomic E-state index is 13.7. The Bertz CT molecular complexity index is 1840. The number of ether oxygens (including phenoxy) is 2. The lowest BCUT2D eigenvalue weighted by molar-refractivity contribution is 0.218. The van der Waals surface area contributed by atoms with Crippen LogP contribution in [0.3, 0.4) is 0 Å². The van der Waals surface area contributed by atoms with E-state index in [4.69, 9.17) is 9.47 Å². The van der Waals surface area contributed by atoms with Gasteiger partial charge < -0.3 is 14.8 Å². The summed E-state index contributed by atoms with van der Waals surface area (Å²) < 4.78 is 15.4. The molecule has 0 saturated heterocycles. The van der Waals surface area contributed by atoms with Gasteiger partial charge in [0.2, 0.25) is 11.0 Å². The number of anilines is 1. The maximum Gasteiger partial charge on any atom is 0.289 e. The van der Waals surface area contributed by atoms with E-state index in [2.05, 4.69) is 58.0 Å². The molecule has 0 saturated carbocycles. The van der Waals surface area contributed by atoms with Crippen LogP contribution in [0.15, 0.2) is 93.7 Å². The summed E-state index contributed by atoms with van der Waals surface area (Å²) in [6, 6.07) is 25.8. The van der Waals surface area contributed by atoms with Crippen molar-refractivity contribution in [3.05, 3.63) is 94.8 Å². The Morgan fingerprint density at radius 3 is 2.11 bits per heavy atom. The third-order valence-electron chi connectivity index (χ3n) is 9.49. The molecule has 0 aliphatic heterocycles. The van der Waals surface area contributed by atoms with Gasteiger partial charge in [0, 0.05) is 12.1 Å². The highest BCUT2D eigenvalue weighted by Crippen LogP contribution is 2.32. The largest absolute Gasteiger partial charge is 0.477 e. The van der Waals surface area contributed by atoms with Gasteiger partial charge in [0.15, 0.2) is 6.23 Å². The number of aromatic amines is 1. The Morgan fingerprint density at radius 1 is 0.759 bits per heavy atom. The Morgan fingerprint density at radius 2 is 1.44 bits per heavy atom. The SMILES string of the molecule is CCCCCCCCCCCCCCCc1cccc(OC(CCC)Nc2ccc(-n3[nH]c(OCC)c(Sc4nnnn4-c4ccccc4)c3=O)cc2)c1. The van der Waals surface area contributed by atoms with Crippen LogP contribution in [0.2, 0.25) is 0 Å². The zero-order chi connectivity index (χ0) is 37.8. The molecule has 1 unspecified atom stereocenters. The number of H-pyrrole nitrogens is 1. The van der Waals surface area contributed by atoms with Crippen molar-refractivity contribution in [1.82, 2.24) is 30.0 Å². The second kappa shape index (κ2) is 22.6. The molecule has 11 heteroatoms. The minimum Gasteiger partial charge on any atom is -0.477 e. The number of nitrogens with one attached hydrogen (secondary N) is 2. The molecule has 0 amide bonds. The van der Waals surface area contributed by atoms with Crippen LogP contribution in [-0.2, 0) is 6.42 Å². The van der Waals surface area contributed by atoms with Crippen molar-refractivity contribution in [1.29, 1.82) is 0 Å². The van der Waals surface area contributed by atoms with Crippen LogP contribution in [0.25, 0.3) is 11.4 Å². The van der Waals surface area contributed by atoms with Gasteiger partial charge in [-0.15, -0.1) is 5.10 Å². The van der Waals surface area contributed by atoms with E-state index in [0.717, 1.165) is 48.1 Å². The summed E-state index contributed by atoms with van der Waals surface area (Å²) in [5.74, 6) is 1.25. The molecule has 290 valence electrons. The number of aromatic nitrogens is 6. The molecule has 0 spiro atoms. The third kappa shape index (κ3) is 12.5. The van der Waals surface area contributed by atoms with E-state index in [1.54, 1.807) is 4.68 Å². The highest BCUT2D eigenvalue weighted by molar-refractivity contribution is 7.99. The van der Waals surface area contributed by atoms with E-state index < -0.39 is 0 Å². The molecule has 2 aromatic heterocycles. The minimum absolute atomic E-state index is 0.191. The predicted molar refractivity (Wildman–Crippen MR) is 220 cm³/mol. The Kier molecular flexibility index (Phi) is 17.1. The van der Waals surface area contributed by atoms with Gasteiger partial charge in [-0.3, -0.25) is 9.89 Å². The Balaban J connectivity index is 1.12. The molecular weight excluding hydrogens is 695 g/mol. The van der Waals surface area contributed by atoms with Gasteiger partial charge in [-0.25, -0.2) is 4.68 Å². The van der Waals surface area contributed by atoms with E-state index in [0.29, 0.717) is 28.2 Å². The van der Waals surface area contributed by atoms with Crippen molar-refractivity contribution in [3.63, 3.8) is 0 Å². The van der Waals surface area contributed by atoms with Gasteiger partial charge >= 0.3 is 0 Å². The molecule has 2 N–H and O–H groups in total. The van der Waals surface area contributed by atoms with Crippen molar-refractivity contribution in [2.24, 2.45) is 0 Å². The number of unbranched alkanes of at least 4 members (excludes halogenated alkanes) is 12. The Hall–Kier alpha value is -4.51. The molecule has 10 nitrogen and oxygen atoms in total. The number of hydrogen-bond acceptors (Lipinski definition) is 8. The molecule has 0 radical (unpaired) electrons. The lowest BCUT2D eigenvalue weighted by Crippen LogP contribution is -2.26. The minimum atomic E-state index is -0.252. The van der Waals surface area contributed by atoms with Crippen LogP contribution in [0.4, 0.5) is 5.69 Å². The molecule has 0 fully saturated rings. The van der Waals surface area contributed by atoms with Gasteiger partial charge in [0.1, 0.15) is 10.6 Å². The lowest BCUT2D eigenvalue weighted by atomic mass is 10.0. The van der Waals surface area contributed by atoms with E-state index >= 15 is 0 Å². The van der Waals surface area contributed by atoms with E-state index in [1.165, 1.54) is 93.7 Å². The fraction of sp³-hybridized carbons (Fsp3) is 0.488. The van der Waals surface area contributed by atoms with E-state index in [-0.39, 0.29) is 11.8 Å². The first-order chi connectivity index (χ1) is 26.6. The van der Waals surface area contributed by atoms with Crippen LogP contribution >= 0.6 is 11.8 Å². The second-order valence-corrected chi connectivity index (χ2v) is 14.9. The number of hydrogen-bond donors (Lipinski definition) is 2. The van der Waals surface area contributed by atoms with E-state index in [9.17, 15) is 4.79 Å². The zero-order valence-electron chi connectivity index (χ0n) is 32.5. The second-order valence-electron chi connectivity index (χ2n) is 13.9. The van der Waals surface area contributed by atoms with Crippen molar-refractivity contribution in [2.45, 2.75) is 140 Å². The van der Waals surface area contributed by atoms with Crippen molar-refractivity contribution in [2.75, 3.05) is 11.9 Å². The van der Waals surface area contributed by atoms with Crippen LogP contribution in [0, 0.1) is 0 Å².